The van der Waals surface area contributed by atoms with E-state index in [0.29, 0.717) is 16.5 Å². The van der Waals surface area contributed by atoms with Crippen LogP contribution in [0, 0.1) is 0 Å². The molecule has 5 nitrogen and oxygen atoms in total. The molecule has 104 valence electrons. The van der Waals surface area contributed by atoms with Gasteiger partial charge in [-0.3, -0.25) is 0 Å². The Morgan fingerprint density at radius 1 is 0.905 bits per heavy atom. The van der Waals surface area contributed by atoms with Gasteiger partial charge in [-0.2, -0.15) is 0 Å². The Labute approximate surface area is 126 Å². The van der Waals surface area contributed by atoms with Crippen LogP contribution in [0.2, 0.25) is 5.02 Å². The number of aromatic nitrogens is 3. The van der Waals surface area contributed by atoms with E-state index >= 15 is 0 Å². The van der Waals surface area contributed by atoms with Crippen LogP contribution in [-0.2, 0) is 0 Å². The SMILES string of the molecule is Nc1nnc(Oc2ccc(Cl)cc2)c(-c2ccccc2)n1. The standard InChI is InChI=1S/C15H11ClN4O/c16-11-6-8-12(9-7-11)21-14-13(18-15(17)20-19-14)10-4-2-1-3-5-10/h1-9H,(H2,17,18,20). The molecule has 0 amide bonds. The van der Waals surface area contributed by atoms with E-state index in [1.807, 2.05) is 30.3 Å². The van der Waals surface area contributed by atoms with Crippen LogP contribution in [0.4, 0.5) is 5.95 Å². The first-order chi connectivity index (χ1) is 10.2. The fourth-order valence-corrected chi connectivity index (χ4v) is 1.92. The first kappa shape index (κ1) is 13.3. The smallest absolute Gasteiger partial charge is 0.265 e. The lowest BCUT2D eigenvalue weighted by atomic mass is 10.1. The number of benzene rings is 2. The molecule has 1 heterocycles. The van der Waals surface area contributed by atoms with Gasteiger partial charge in [0.15, 0.2) is 0 Å². The lowest BCUT2D eigenvalue weighted by Gasteiger charge is -2.09. The molecule has 6 heteroatoms. The molecule has 0 atom stereocenters. The molecule has 1 aromatic heterocycles. The van der Waals surface area contributed by atoms with E-state index in [4.69, 9.17) is 22.1 Å². The summed E-state index contributed by atoms with van der Waals surface area (Å²) in [6.07, 6.45) is 0. The number of rotatable bonds is 3. The predicted octanol–water partition coefficient (Wildman–Crippen LogP) is 3.57. The van der Waals surface area contributed by atoms with Crippen molar-refractivity contribution in [1.82, 2.24) is 15.2 Å². The van der Waals surface area contributed by atoms with Gasteiger partial charge in [-0.05, 0) is 24.3 Å². The fourth-order valence-electron chi connectivity index (χ4n) is 1.80. The predicted molar refractivity (Wildman–Crippen MR) is 81.2 cm³/mol. The molecular formula is C15H11ClN4O. The van der Waals surface area contributed by atoms with Crippen molar-refractivity contribution in [3.8, 4) is 22.9 Å². The van der Waals surface area contributed by atoms with E-state index in [1.165, 1.54) is 0 Å². The van der Waals surface area contributed by atoms with Gasteiger partial charge in [-0.15, -0.1) is 10.2 Å². The molecular weight excluding hydrogens is 288 g/mol. The van der Waals surface area contributed by atoms with E-state index in [1.54, 1.807) is 24.3 Å². The Hall–Kier alpha value is -2.66. The maximum Gasteiger partial charge on any atom is 0.265 e. The minimum absolute atomic E-state index is 0.0947. The lowest BCUT2D eigenvalue weighted by Crippen LogP contribution is -2.02. The summed E-state index contributed by atoms with van der Waals surface area (Å²) in [6, 6.07) is 16.5. The van der Waals surface area contributed by atoms with E-state index in [2.05, 4.69) is 15.2 Å². The number of nitrogen functional groups attached to an aromatic ring is 1. The second-order valence-corrected chi connectivity index (χ2v) is 4.68. The third-order valence-electron chi connectivity index (χ3n) is 2.75. The molecule has 0 aliphatic rings. The van der Waals surface area contributed by atoms with Gasteiger partial charge in [-0.1, -0.05) is 41.9 Å². The maximum atomic E-state index is 5.85. The molecule has 3 rings (SSSR count). The zero-order valence-corrected chi connectivity index (χ0v) is 11.7. The molecule has 0 radical (unpaired) electrons. The van der Waals surface area contributed by atoms with Gasteiger partial charge < -0.3 is 10.5 Å². The third kappa shape index (κ3) is 3.09. The number of hydrogen-bond donors (Lipinski definition) is 1. The molecule has 2 N–H and O–H groups in total. The summed E-state index contributed by atoms with van der Waals surface area (Å²) in [6.45, 7) is 0. The molecule has 0 bridgehead atoms. The van der Waals surface area contributed by atoms with E-state index in [0.717, 1.165) is 5.56 Å². The molecule has 2 aromatic carbocycles. The zero-order chi connectivity index (χ0) is 14.7. The van der Waals surface area contributed by atoms with Gasteiger partial charge in [0.1, 0.15) is 11.4 Å². The number of nitrogens with zero attached hydrogens (tertiary/aromatic N) is 3. The number of nitrogens with two attached hydrogens (primary N) is 1. The van der Waals surface area contributed by atoms with Crippen molar-refractivity contribution in [1.29, 1.82) is 0 Å². The average molecular weight is 299 g/mol. The number of hydrogen-bond acceptors (Lipinski definition) is 5. The summed E-state index contributed by atoms with van der Waals surface area (Å²) in [7, 11) is 0. The Bertz CT molecular complexity index is 747. The fraction of sp³-hybridized carbons (Fsp3) is 0. The zero-order valence-electron chi connectivity index (χ0n) is 10.9. The second kappa shape index (κ2) is 5.76. The highest BCUT2D eigenvalue weighted by Crippen LogP contribution is 2.30. The van der Waals surface area contributed by atoms with Crippen molar-refractivity contribution in [2.45, 2.75) is 0 Å². The third-order valence-corrected chi connectivity index (χ3v) is 3.00. The van der Waals surface area contributed by atoms with E-state index < -0.39 is 0 Å². The summed E-state index contributed by atoms with van der Waals surface area (Å²) >= 11 is 5.85. The molecule has 0 saturated heterocycles. The molecule has 0 aliphatic carbocycles. The van der Waals surface area contributed by atoms with E-state index in [9.17, 15) is 0 Å². The molecule has 0 saturated carbocycles. The molecule has 0 aliphatic heterocycles. The van der Waals surface area contributed by atoms with Crippen molar-refractivity contribution in [3.63, 3.8) is 0 Å². The van der Waals surface area contributed by atoms with Crippen LogP contribution in [0.25, 0.3) is 11.3 Å². The van der Waals surface area contributed by atoms with Crippen molar-refractivity contribution in [2.75, 3.05) is 5.73 Å². The molecule has 0 fully saturated rings. The van der Waals surface area contributed by atoms with Crippen LogP contribution in [0.3, 0.4) is 0 Å². The first-order valence-electron chi connectivity index (χ1n) is 6.21. The van der Waals surface area contributed by atoms with Crippen LogP contribution in [-0.4, -0.2) is 15.2 Å². The van der Waals surface area contributed by atoms with Crippen LogP contribution < -0.4 is 10.5 Å². The summed E-state index contributed by atoms with van der Waals surface area (Å²) in [5, 5.41) is 8.36. The maximum absolute atomic E-state index is 5.85. The van der Waals surface area contributed by atoms with Gasteiger partial charge in [0, 0.05) is 10.6 Å². The molecule has 21 heavy (non-hydrogen) atoms. The number of anilines is 1. The topological polar surface area (TPSA) is 73.9 Å². The van der Waals surface area contributed by atoms with Gasteiger partial charge in [-0.25, -0.2) is 4.98 Å². The van der Waals surface area contributed by atoms with Gasteiger partial charge >= 0.3 is 0 Å². The van der Waals surface area contributed by atoms with Crippen molar-refractivity contribution >= 4 is 17.5 Å². The highest BCUT2D eigenvalue weighted by Gasteiger charge is 2.12. The average Bonchev–Trinajstić information content (AvgIpc) is 2.52. The van der Waals surface area contributed by atoms with Crippen LogP contribution in [0.15, 0.2) is 54.6 Å². The Morgan fingerprint density at radius 2 is 1.62 bits per heavy atom. The van der Waals surface area contributed by atoms with Crippen molar-refractivity contribution in [3.05, 3.63) is 59.6 Å². The quantitative estimate of drug-likeness (QED) is 0.800. The van der Waals surface area contributed by atoms with Gasteiger partial charge in [0.2, 0.25) is 5.95 Å². The second-order valence-electron chi connectivity index (χ2n) is 4.25. The number of halogens is 1. The Morgan fingerprint density at radius 3 is 2.33 bits per heavy atom. The Balaban J connectivity index is 2.00. The molecule has 0 unspecified atom stereocenters. The largest absolute Gasteiger partial charge is 0.436 e. The van der Waals surface area contributed by atoms with E-state index in [-0.39, 0.29) is 11.8 Å². The Kier molecular flexibility index (Phi) is 3.66. The van der Waals surface area contributed by atoms with Crippen LogP contribution in [0.1, 0.15) is 0 Å². The summed E-state index contributed by atoms with van der Waals surface area (Å²) in [5.41, 5.74) is 7.01. The highest BCUT2D eigenvalue weighted by atomic mass is 35.5. The van der Waals surface area contributed by atoms with Crippen LogP contribution in [0.5, 0.6) is 11.6 Å². The summed E-state index contributed by atoms with van der Waals surface area (Å²) in [5.74, 6) is 0.979. The molecule has 0 spiro atoms. The summed E-state index contributed by atoms with van der Waals surface area (Å²) in [4.78, 5) is 4.21. The highest BCUT2D eigenvalue weighted by molar-refractivity contribution is 6.30. The minimum atomic E-state index is 0.0947. The van der Waals surface area contributed by atoms with Gasteiger partial charge in [0.05, 0.1) is 0 Å². The number of ether oxygens (including phenoxy) is 1. The monoisotopic (exact) mass is 298 g/mol. The van der Waals surface area contributed by atoms with Crippen molar-refractivity contribution in [2.24, 2.45) is 0 Å². The minimum Gasteiger partial charge on any atom is -0.436 e. The molecule has 3 aromatic rings. The lowest BCUT2D eigenvalue weighted by molar-refractivity contribution is 0.454. The first-order valence-corrected chi connectivity index (χ1v) is 6.59. The normalized spacial score (nSPS) is 10.3. The van der Waals surface area contributed by atoms with Gasteiger partial charge in [0.25, 0.3) is 5.88 Å². The summed E-state index contributed by atoms with van der Waals surface area (Å²) < 4.78 is 5.72. The van der Waals surface area contributed by atoms with Crippen molar-refractivity contribution < 1.29 is 4.74 Å². The van der Waals surface area contributed by atoms with Crippen LogP contribution >= 0.6 is 11.6 Å².